The van der Waals surface area contributed by atoms with Gasteiger partial charge in [0.2, 0.25) is 5.91 Å². The lowest BCUT2D eigenvalue weighted by Gasteiger charge is -2.15. The highest BCUT2D eigenvalue weighted by Crippen LogP contribution is 2.16. The van der Waals surface area contributed by atoms with Crippen LogP contribution in [0.1, 0.15) is 37.8 Å². The summed E-state index contributed by atoms with van der Waals surface area (Å²) in [6, 6.07) is 2.48. The van der Waals surface area contributed by atoms with Gasteiger partial charge in [0.25, 0.3) is 0 Å². The SMILES string of the molecule is CCC(NC)c1ccn(CC(=O)N2CCCC2)c1. The van der Waals surface area contributed by atoms with Crippen LogP contribution in [0.25, 0.3) is 0 Å². The fraction of sp³-hybridized carbons (Fsp3) is 0.643. The van der Waals surface area contributed by atoms with Gasteiger partial charge in [0, 0.05) is 31.5 Å². The Balaban J connectivity index is 1.95. The van der Waals surface area contributed by atoms with E-state index in [1.54, 1.807) is 0 Å². The van der Waals surface area contributed by atoms with Crippen LogP contribution in [0.3, 0.4) is 0 Å². The summed E-state index contributed by atoms with van der Waals surface area (Å²) >= 11 is 0. The molecule has 0 spiro atoms. The van der Waals surface area contributed by atoms with Crippen molar-refractivity contribution in [2.45, 2.75) is 38.8 Å². The van der Waals surface area contributed by atoms with E-state index in [9.17, 15) is 4.79 Å². The molecule has 2 rings (SSSR count). The van der Waals surface area contributed by atoms with Gasteiger partial charge < -0.3 is 14.8 Å². The number of hydrogen-bond donors (Lipinski definition) is 1. The third-order valence-electron chi connectivity index (χ3n) is 3.71. The normalized spacial score (nSPS) is 17.1. The van der Waals surface area contributed by atoms with Crippen molar-refractivity contribution in [3.8, 4) is 0 Å². The Morgan fingerprint density at radius 2 is 2.17 bits per heavy atom. The Hall–Kier alpha value is -1.29. The van der Waals surface area contributed by atoms with E-state index in [1.165, 1.54) is 5.56 Å². The van der Waals surface area contributed by atoms with Crippen LogP contribution < -0.4 is 5.32 Å². The maximum atomic E-state index is 12.0. The number of carbonyl (C=O) groups is 1. The Labute approximate surface area is 109 Å². The molecule has 1 atom stereocenters. The molecular weight excluding hydrogens is 226 g/mol. The van der Waals surface area contributed by atoms with Crippen LogP contribution in [0.4, 0.5) is 0 Å². The van der Waals surface area contributed by atoms with Gasteiger partial charge in [-0.15, -0.1) is 0 Å². The van der Waals surface area contributed by atoms with Crippen molar-refractivity contribution < 1.29 is 4.79 Å². The third-order valence-corrected chi connectivity index (χ3v) is 3.71. The molecule has 1 aliphatic rings. The van der Waals surface area contributed by atoms with E-state index in [4.69, 9.17) is 0 Å². The Bertz CT molecular complexity index is 389. The minimum absolute atomic E-state index is 0.243. The van der Waals surface area contributed by atoms with Crippen LogP contribution in [0.2, 0.25) is 0 Å². The maximum absolute atomic E-state index is 12.0. The summed E-state index contributed by atoms with van der Waals surface area (Å²) in [6.45, 7) is 4.50. The van der Waals surface area contributed by atoms with Gasteiger partial charge in [0.15, 0.2) is 0 Å². The topological polar surface area (TPSA) is 37.3 Å². The van der Waals surface area contributed by atoms with E-state index in [0.29, 0.717) is 12.6 Å². The molecule has 0 bridgehead atoms. The predicted octanol–water partition coefficient (Wildman–Crippen LogP) is 1.78. The first-order chi connectivity index (χ1) is 8.74. The van der Waals surface area contributed by atoms with Gasteiger partial charge in [-0.3, -0.25) is 4.79 Å². The van der Waals surface area contributed by atoms with Crippen molar-refractivity contribution in [3.05, 3.63) is 24.0 Å². The van der Waals surface area contributed by atoms with Crippen LogP contribution in [-0.2, 0) is 11.3 Å². The van der Waals surface area contributed by atoms with Gasteiger partial charge in [-0.25, -0.2) is 0 Å². The number of aromatic nitrogens is 1. The van der Waals surface area contributed by atoms with Gasteiger partial charge in [0.05, 0.1) is 0 Å². The van der Waals surface area contributed by atoms with Crippen LogP contribution in [0.5, 0.6) is 0 Å². The van der Waals surface area contributed by atoms with Crippen molar-refractivity contribution in [2.75, 3.05) is 20.1 Å². The zero-order valence-corrected chi connectivity index (χ0v) is 11.4. The van der Waals surface area contributed by atoms with Gasteiger partial charge >= 0.3 is 0 Å². The quantitative estimate of drug-likeness (QED) is 0.863. The van der Waals surface area contributed by atoms with Gasteiger partial charge in [-0.05, 0) is 37.9 Å². The summed E-state index contributed by atoms with van der Waals surface area (Å²) in [6.07, 6.45) is 7.45. The van der Waals surface area contributed by atoms with Crippen molar-refractivity contribution >= 4 is 5.91 Å². The first-order valence-corrected chi connectivity index (χ1v) is 6.85. The van der Waals surface area contributed by atoms with E-state index < -0.39 is 0 Å². The monoisotopic (exact) mass is 249 g/mol. The van der Waals surface area contributed by atoms with Crippen LogP contribution >= 0.6 is 0 Å². The lowest BCUT2D eigenvalue weighted by molar-refractivity contribution is -0.130. The largest absolute Gasteiger partial charge is 0.345 e. The molecule has 1 aromatic rings. The van der Waals surface area contributed by atoms with Crippen LogP contribution in [0.15, 0.2) is 18.5 Å². The number of carbonyl (C=O) groups excluding carboxylic acids is 1. The standard InChI is InChI=1S/C14H23N3O/c1-3-13(15-2)12-6-9-16(10-12)11-14(18)17-7-4-5-8-17/h6,9-10,13,15H,3-5,7-8,11H2,1-2H3. The minimum atomic E-state index is 0.243. The smallest absolute Gasteiger partial charge is 0.242 e. The van der Waals surface area contributed by atoms with Crippen molar-refractivity contribution in [3.63, 3.8) is 0 Å². The Kier molecular flexibility index (Phi) is 4.42. The highest BCUT2D eigenvalue weighted by molar-refractivity contribution is 5.76. The number of amides is 1. The number of hydrogen-bond acceptors (Lipinski definition) is 2. The van der Waals surface area contributed by atoms with Crippen molar-refractivity contribution in [1.29, 1.82) is 0 Å². The molecule has 0 aromatic carbocycles. The third kappa shape index (κ3) is 2.93. The average Bonchev–Trinajstić information content (AvgIpc) is 3.01. The molecule has 0 aliphatic carbocycles. The molecule has 0 radical (unpaired) electrons. The minimum Gasteiger partial charge on any atom is -0.345 e. The second kappa shape index (κ2) is 6.05. The second-order valence-electron chi connectivity index (χ2n) is 4.95. The summed E-state index contributed by atoms with van der Waals surface area (Å²) < 4.78 is 2.00. The second-order valence-corrected chi connectivity index (χ2v) is 4.95. The molecule has 2 heterocycles. The van der Waals surface area contributed by atoms with Crippen LogP contribution in [0, 0.1) is 0 Å². The first-order valence-electron chi connectivity index (χ1n) is 6.85. The lowest BCUT2D eigenvalue weighted by Crippen LogP contribution is -2.30. The maximum Gasteiger partial charge on any atom is 0.242 e. The molecule has 1 unspecified atom stereocenters. The lowest BCUT2D eigenvalue weighted by atomic mass is 10.1. The molecule has 100 valence electrons. The summed E-state index contributed by atoms with van der Waals surface area (Å²) in [4.78, 5) is 14.0. The highest BCUT2D eigenvalue weighted by Gasteiger charge is 2.18. The highest BCUT2D eigenvalue weighted by atomic mass is 16.2. The van der Waals surface area contributed by atoms with Gasteiger partial charge in [-0.1, -0.05) is 6.92 Å². The van der Waals surface area contributed by atoms with Gasteiger partial charge in [0.1, 0.15) is 6.54 Å². The number of nitrogens with zero attached hydrogens (tertiary/aromatic N) is 2. The first kappa shape index (κ1) is 13.1. The number of nitrogens with one attached hydrogen (secondary N) is 1. The molecule has 0 saturated carbocycles. The van der Waals surface area contributed by atoms with Gasteiger partial charge in [-0.2, -0.15) is 0 Å². The van der Waals surface area contributed by atoms with E-state index in [-0.39, 0.29) is 5.91 Å². The van der Waals surface area contributed by atoms with Crippen molar-refractivity contribution in [2.24, 2.45) is 0 Å². The molecular formula is C14H23N3O. The molecule has 1 aromatic heterocycles. The fourth-order valence-corrected chi connectivity index (χ4v) is 2.59. The van der Waals surface area contributed by atoms with E-state index in [0.717, 1.165) is 32.4 Å². The molecule has 4 heteroatoms. The molecule has 1 N–H and O–H groups in total. The fourth-order valence-electron chi connectivity index (χ4n) is 2.59. The molecule has 1 saturated heterocycles. The summed E-state index contributed by atoms with van der Waals surface area (Å²) in [5, 5.41) is 3.28. The molecule has 1 aliphatic heterocycles. The molecule has 4 nitrogen and oxygen atoms in total. The Morgan fingerprint density at radius 1 is 1.44 bits per heavy atom. The molecule has 18 heavy (non-hydrogen) atoms. The summed E-state index contributed by atoms with van der Waals surface area (Å²) in [7, 11) is 1.97. The zero-order chi connectivity index (χ0) is 13.0. The molecule has 1 fully saturated rings. The number of likely N-dealkylation sites (tertiary alicyclic amines) is 1. The van der Waals surface area contributed by atoms with E-state index in [1.807, 2.05) is 22.7 Å². The average molecular weight is 249 g/mol. The zero-order valence-electron chi connectivity index (χ0n) is 11.4. The van der Waals surface area contributed by atoms with E-state index in [2.05, 4.69) is 24.5 Å². The van der Waals surface area contributed by atoms with Crippen molar-refractivity contribution in [1.82, 2.24) is 14.8 Å². The van der Waals surface area contributed by atoms with E-state index >= 15 is 0 Å². The number of rotatable bonds is 5. The summed E-state index contributed by atoms with van der Waals surface area (Å²) in [5.41, 5.74) is 1.26. The Morgan fingerprint density at radius 3 is 2.78 bits per heavy atom. The van der Waals surface area contributed by atoms with Crippen LogP contribution in [-0.4, -0.2) is 35.5 Å². The predicted molar refractivity (Wildman–Crippen MR) is 72.3 cm³/mol. The summed E-state index contributed by atoms with van der Waals surface area (Å²) in [5.74, 6) is 0.243. The molecule has 1 amide bonds.